The van der Waals surface area contributed by atoms with Gasteiger partial charge >= 0.3 is 12.1 Å². The molecular weight excluding hydrogens is 329 g/mol. The predicted octanol–water partition coefficient (Wildman–Crippen LogP) is 6.02. The standard InChI is InChI=1S/C20H21F3O2/c1-2-6-17(20(21,22)23)11-14-19(24)25-18-12-9-16(10-13-18)15-7-4-3-5-8-15/h3-5,7-10,12-13,17H,2,6,11,14H2,1H3. The molecule has 0 amide bonds. The first-order valence-electron chi connectivity index (χ1n) is 8.33. The minimum Gasteiger partial charge on any atom is -0.427 e. The van der Waals surface area contributed by atoms with Crippen LogP contribution in [0.2, 0.25) is 0 Å². The molecule has 134 valence electrons. The van der Waals surface area contributed by atoms with E-state index in [1.165, 1.54) is 0 Å². The van der Waals surface area contributed by atoms with E-state index >= 15 is 0 Å². The van der Waals surface area contributed by atoms with E-state index in [9.17, 15) is 18.0 Å². The van der Waals surface area contributed by atoms with Crippen LogP contribution in [0.1, 0.15) is 32.6 Å². The lowest BCUT2D eigenvalue weighted by Crippen LogP contribution is -2.24. The van der Waals surface area contributed by atoms with Crippen LogP contribution in [0.4, 0.5) is 13.2 Å². The number of alkyl halides is 3. The molecule has 5 heteroatoms. The van der Waals surface area contributed by atoms with Crippen molar-refractivity contribution in [3.8, 4) is 16.9 Å². The van der Waals surface area contributed by atoms with E-state index in [1.807, 2.05) is 42.5 Å². The maximum Gasteiger partial charge on any atom is 0.391 e. The van der Waals surface area contributed by atoms with Crippen LogP contribution < -0.4 is 4.74 Å². The summed E-state index contributed by atoms with van der Waals surface area (Å²) in [5.41, 5.74) is 2.01. The van der Waals surface area contributed by atoms with E-state index in [-0.39, 0.29) is 19.3 Å². The van der Waals surface area contributed by atoms with Gasteiger partial charge in [0, 0.05) is 6.42 Å². The summed E-state index contributed by atoms with van der Waals surface area (Å²) in [4.78, 5) is 11.8. The van der Waals surface area contributed by atoms with Gasteiger partial charge in [0.2, 0.25) is 0 Å². The highest BCUT2D eigenvalue weighted by atomic mass is 19.4. The fraction of sp³-hybridized carbons (Fsp3) is 0.350. The predicted molar refractivity (Wildman–Crippen MR) is 91.2 cm³/mol. The zero-order valence-electron chi connectivity index (χ0n) is 14.1. The Labute approximate surface area is 145 Å². The molecule has 0 radical (unpaired) electrons. The summed E-state index contributed by atoms with van der Waals surface area (Å²) >= 11 is 0. The zero-order valence-corrected chi connectivity index (χ0v) is 14.1. The lowest BCUT2D eigenvalue weighted by molar-refractivity contribution is -0.179. The van der Waals surface area contributed by atoms with Gasteiger partial charge in [-0.25, -0.2) is 0 Å². The van der Waals surface area contributed by atoms with Crippen molar-refractivity contribution in [3.63, 3.8) is 0 Å². The smallest absolute Gasteiger partial charge is 0.391 e. The molecule has 0 saturated carbocycles. The van der Waals surface area contributed by atoms with Crippen LogP contribution in [0.3, 0.4) is 0 Å². The Morgan fingerprint density at radius 2 is 1.56 bits per heavy atom. The molecule has 1 unspecified atom stereocenters. The van der Waals surface area contributed by atoms with E-state index < -0.39 is 18.1 Å². The molecule has 0 N–H and O–H groups in total. The van der Waals surface area contributed by atoms with Gasteiger partial charge in [-0.05, 0) is 36.1 Å². The zero-order chi connectivity index (χ0) is 18.3. The van der Waals surface area contributed by atoms with Gasteiger partial charge in [0.05, 0.1) is 5.92 Å². The number of carbonyl (C=O) groups is 1. The van der Waals surface area contributed by atoms with Gasteiger partial charge in [-0.1, -0.05) is 55.8 Å². The molecule has 0 aromatic heterocycles. The first-order valence-corrected chi connectivity index (χ1v) is 8.33. The van der Waals surface area contributed by atoms with Gasteiger partial charge in [0.1, 0.15) is 5.75 Å². The number of hydrogen-bond acceptors (Lipinski definition) is 2. The van der Waals surface area contributed by atoms with Gasteiger partial charge in [-0.15, -0.1) is 0 Å². The molecule has 0 fully saturated rings. The third kappa shape index (κ3) is 5.93. The monoisotopic (exact) mass is 350 g/mol. The maximum absolute atomic E-state index is 12.8. The molecule has 2 aromatic carbocycles. The summed E-state index contributed by atoms with van der Waals surface area (Å²) in [7, 11) is 0. The average Bonchev–Trinajstić information content (AvgIpc) is 2.59. The van der Waals surface area contributed by atoms with E-state index in [4.69, 9.17) is 4.74 Å². The number of rotatable bonds is 7. The minimum atomic E-state index is -4.27. The number of esters is 1. The van der Waals surface area contributed by atoms with Crippen LogP contribution in [0.5, 0.6) is 5.75 Å². The summed E-state index contributed by atoms with van der Waals surface area (Å²) < 4.78 is 43.7. The molecule has 0 heterocycles. The number of ether oxygens (including phenoxy) is 1. The average molecular weight is 350 g/mol. The molecule has 0 aliphatic carbocycles. The van der Waals surface area contributed by atoms with Crippen LogP contribution in [-0.4, -0.2) is 12.1 Å². The molecule has 2 aromatic rings. The summed E-state index contributed by atoms with van der Waals surface area (Å²) in [6, 6.07) is 16.6. The summed E-state index contributed by atoms with van der Waals surface area (Å²) in [6.45, 7) is 1.70. The van der Waals surface area contributed by atoms with Crippen molar-refractivity contribution >= 4 is 5.97 Å². The Bertz CT molecular complexity index is 664. The van der Waals surface area contributed by atoms with Crippen LogP contribution >= 0.6 is 0 Å². The summed E-state index contributed by atoms with van der Waals surface area (Å²) in [5.74, 6) is -1.76. The first kappa shape index (κ1) is 19.0. The van der Waals surface area contributed by atoms with Crippen molar-refractivity contribution in [2.45, 2.75) is 38.8 Å². The molecule has 0 aliphatic heterocycles. The van der Waals surface area contributed by atoms with Gasteiger partial charge in [0.15, 0.2) is 0 Å². The molecule has 0 aliphatic rings. The van der Waals surface area contributed by atoms with E-state index in [0.29, 0.717) is 12.2 Å². The maximum atomic E-state index is 12.8. The van der Waals surface area contributed by atoms with Crippen molar-refractivity contribution in [3.05, 3.63) is 54.6 Å². The van der Waals surface area contributed by atoms with Crippen molar-refractivity contribution in [2.75, 3.05) is 0 Å². The Balaban J connectivity index is 1.90. The molecule has 2 rings (SSSR count). The van der Waals surface area contributed by atoms with Crippen molar-refractivity contribution < 1.29 is 22.7 Å². The van der Waals surface area contributed by atoms with E-state index in [0.717, 1.165) is 11.1 Å². The Kier molecular flexibility index (Phi) is 6.62. The molecular formula is C20H21F3O2. The molecule has 25 heavy (non-hydrogen) atoms. The normalized spacial score (nSPS) is 12.6. The summed E-state index contributed by atoms with van der Waals surface area (Å²) in [6.07, 6.45) is -4.29. The van der Waals surface area contributed by atoms with Gasteiger partial charge in [-0.3, -0.25) is 4.79 Å². The van der Waals surface area contributed by atoms with Crippen LogP contribution in [0.25, 0.3) is 11.1 Å². The quantitative estimate of drug-likeness (QED) is 0.451. The minimum absolute atomic E-state index is 0.0303. The number of hydrogen-bond donors (Lipinski definition) is 0. The first-order chi connectivity index (χ1) is 11.9. The Morgan fingerprint density at radius 3 is 2.12 bits per heavy atom. The van der Waals surface area contributed by atoms with Gasteiger partial charge in [0.25, 0.3) is 0 Å². The molecule has 1 atom stereocenters. The van der Waals surface area contributed by atoms with E-state index in [1.54, 1.807) is 19.1 Å². The third-order valence-corrected chi connectivity index (χ3v) is 3.99. The largest absolute Gasteiger partial charge is 0.427 e. The highest BCUT2D eigenvalue weighted by Crippen LogP contribution is 2.33. The van der Waals surface area contributed by atoms with Crippen LogP contribution in [0.15, 0.2) is 54.6 Å². The fourth-order valence-electron chi connectivity index (χ4n) is 2.64. The molecule has 2 nitrogen and oxygen atoms in total. The van der Waals surface area contributed by atoms with Crippen LogP contribution in [-0.2, 0) is 4.79 Å². The van der Waals surface area contributed by atoms with E-state index in [2.05, 4.69) is 0 Å². The number of halogens is 3. The number of carbonyl (C=O) groups excluding carboxylic acids is 1. The van der Waals surface area contributed by atoms with Crippen molar-refractivity contribution in [2.24, 2.45) is 5.92 Å². The molecule has 0 saturated heterocycles. The fourth-order valence-corrected chi connectivity index (χ4v) is 2.64. The lowest BCUT2D eigenvalue weighted by Gasteiger charge is -2.19. The second-order valence-electron chi connectivity index (χ2n) is 5.93. The topological polar surface area (TPSA) is 26.3 Å². The molecule has 0 spiro atoms. The van der Waals surface area contributed by atoms with Gasteiger partial charge in [-0.2, -0.15) is 13.2 Å². The van der Waals surface area contributed by atoms with Crippen molar-refractivity contribution in [1.29, 1.82) is 0 Å². The van der Waals surface area contributed by atoms with Crippen LogP contribution in [0, 0.1) is 5.92 Å². The van der Waals surface area contributed by atoms with Gasteiger partial charge < -0.3 is 4.74 Å². The Hall–Kier alpha value is -2.30. The second-order valence-corrected chi connectivity index (χ2v) is 5.93. The Morgan fingerprint density at radius 1 is 0.960 bits per heavy atom. The highest BCUT2D eigenvalue weighted by molar-refractivity contribution is 5.73. The molecule has 0 bridgehead atoms. The lowest BCUT2D eigenvalue weighted by atomic mass is 9.97. The van der Waals surface area contributed by atoms with Crippen molar-refractivity contribution in [1.82, 2.24) is 0 Å². The third-order valence-electron chi connectivity index (χ3n) is 3.99. The highest BCUT2D eigenvalue weighted by Gasteiger charge is 2.38. The summed E-state index contributed by atoms with van der Waals surface area (Å²) in [5, 5.41) is 0. The SMILES string of the molecule is CCCC(CCC(=O)Oc1ccc(-c2ccccc2)cc1)C(F)(F)F. The second kappa shape index (κ2) is 8.70. The number of benzene rings is 2.